The van der Waals surface area contributed by atoms with Crippen LogP contribution in [0.1, 0.15) is 12.5 Å². The van der Waals surface area contributed by atoms with Crippen molar-refractivity contribution in [2.24, 2.45) is 0 Å². The van der Waals surface area contributed by atoms with Gasteiger partial charge in [-0.1, -0.05) is 30.3 Å². The lowest BCUT2D eigenvalue weighted by Crippen LogP contribution is -2.39. The number of rotatable bonds is 4. The van der Waals surface area contributed by atoms with Crippen LogP contribution >= 0.6 is 0 Å². The molecule has 5 heteroatoms. The van der Waals surface area contributed by atoms with Crippen LogP contribution in [0.25, 0.3) is 0 Å². The summed E-state index contributed by atoms with van der Waals surface area (Å²) in [6.07, 6.45) is 1.03. The molecular weight excluding hydrogens is 293 g/mol. The first kappa shape index (κ1) is 15.3. The van der Waals surface area contributed by atoms with E-state index in [1.165, 1.54) is 23.4 Å². The largest absolute Gasteiger partial charge is 0.367 e. The van der Waals surface area contributed by atoms with Crippen molar-refractivity contribution < 1.29 is 9.18 Å². The van der Waals surface area contributed by atoms with E-state index in [2.05, 4.69) is 40.7 Å². The fraction of sp³-hybridized carbons (Fsp3) is 0.278. The molecule has 2 amide bonds. The van der Waals surface area contributed by atoms with Crippen molar-refractivity contribution >= 4 is 17.4 Å². The maximum atomic E-state index is 13.5. The van der Waals surface area contributed by atoms with Gasteiger partial charge in [0.2, 0.25) is 0 Å². The van der Waals surface area contributed by atoms with Gasteiger partial charge in [0.25, 0.3) is 0 Å². The predicted molar refractivity (Wildman–Crippen MR) is 90.4 cm³/mol. The van der Waals surface area contributed by atoms with E-state index in [4.69, 9.17) is 0 Å². The Morgan fingerprint density at radius 3 is 2.78 bits per heavy atom. The number of para-hydroxylation sites is 2. The standard InChI is InChI=1S/C18H20FN3O/c1-13-12-14-6-2-5-9-17(14)22(13)11-10-20-18(23)21-16-8-4-3-7-15(16)19/h2-9,13H,10-12H2,1H3,(H2,20,21,23). The van der Waals surface area contributed by atoms with Gasteiger partial charge in [-0.05, 0) is 37.1 Å². The number of hydrogen-bond acceptors (Lipinski definition) is 2. The molecule has 1 aliphatic heterocycles. The Bertz CT molecular complexity index is 704. The maximum Gasteiger partial charge on any atom is 0.319 e. The number of carbonyl (C=O) groups is 1. The second kappa shape index (κ2) is 6.69. The summed E-state index contributed by atoms with van der Waals surface area (Å²) in [6.45, 7) is 3.40. The van der Waals surface area contributed by atoms with E-state index in [0.717, 1.165) is 13.0 Å². The third kappa shape index (κ3) is 3.44. The van der Waals surface area contributed by atoms with Crippen molar-refractivity contribution in [3.63, 3.8) is 0 Å². The van der Waals surface area contributed by atoms with Gasteiger partial charge in [0.15, 0.2) is 0 Å². The number of nitrogens with one attached hydrogen (secondary N) is 2. The van der Waals surface area contributed by atoms with Gasteiger partial charge < -0.3 is 15.5 Å². The number of anilines is 2. The topological polar surface area (TPSA) is 44.4 Å². The van der Waals surface area contributed by atoms with Gasteiger partial charge >= 0.3 is 6.03 Å². The molecule has 1 atom stereocenters. The number of hydrogen-bond donors (Lipinski definition) is 2. The molecule has 1 heterocycles. The third-order valence-corrected chi connectivity index (χ3v) is 4.11. The number of nitrogens with zero attached hydrogens (tertiary/aromatic N) is 1. The van der Waals surface area contributed by atoms with E-state index in [1.54, 1.807) is 12.1 Å². The fourth-order valence-electron chi connectivity index (χ4n) is 2.99. The molecule has 0 saturated heterocycles. The summed E-state index contributed by atoms with van der Waals surface area (Å²) in [4.78, 5) is 14.1. The molecule has 1 unspecified atom stereocenters. The molecule has 1 aliphatic rings. The maximum absolute atomic E-state index is 13.5. The minimum absolute atomic E-state index is 0.185. The first-order chi connectivity index (χ1) is 11.1. The van der Waals surface area contributed by atoms with E-state index in [9.17, 15) is 9.18 Å². The van der Waals surface area contributed by atoms with Crippen LogP contribution in [0.4, 0.5) is 20.6 Å². The molecule has 2 aromatic carbocycles. The molecule has 0 bridgehead atoms. The van der Waals surface area contributed by atoms with Crippen LogP contribution in [0.15, 0.2) is 48.5 Å². The summed E-state index contributed by atoms with van der Waals surface area (Å²) in [7, 11) is 0. The second-order valence-electron chi connectivity index (χ2n) is 5.74. The Kier molecular flexibility index (Phi) is 4.46. The molecule has 2 aromatic rings. The Hall–Kier alpha value is -2.56. The monoisotopic (exact) mass is 313 g/mol. The minimum Gasteiger partial charge on any atom is -0.367 e. The number of fused-ring (bicyclic) bond motifs is 1. The first-order valence-corrected chi connectivity index (χ1v) is 7.79. The van der Waals surface area contributed by atoms with Crippen molar-refractivity contribution in [3.05, 3.63) is 59.9 Å². The highest BCUT2D eigenvalue weighted by Crippen LogP contribution is 2.31. The molecule has 0 saturated carbocycles. The lowest BCUT2D eigenvalue weighted by atomic mass is 10.1. The number of halogens is 1. The van der Waals surface area contributed by atoms with Crippen LogP contribution in [0.5, 0.6) is 0 Å². The van der Waals surface area contributed by atoms with E-state index in [1.807, 2.05) is 6.07 Å². The highest BCUT2D eigenvalue weighted by Gasteiger charge is 2.24. The van der Waals surface area contributed by atoms with Gasteiger partial charge in [-0.3, -0.25) is 0 Å². The quantitative estimate of drug-likeness (QED) is 0.908. The Balaban J connectivity index is 1.52. The molecule has 0 radical (unpaired) electrons. The summed E-state index contributed by atoms with van der Waals surface area (Å²) in [5.74, 6) is -0.440. The molecule has 0 fully saturated rings. The van der Waals surface area contributed by atoms with E-state index >= 15 is 0 Å². The molecule has 2 N–H and O–H groups in total. The summed E-state index contributed by atoms with van der Waals surface area (Å²) < 4.78 is 13.5. The van der Waals surface area contributed by atoms with Gasteiger partial charge in [0.1, 0.15) is 5.82 Å². The van der Waals surface area contributed by atoms with Gasteiger partial charge in [-0.2, -0.15) is 0 Å². The van der Waals surface area contributed by atoms with Gasteiger partial charge in [-0.15, -0.1) is 0 Å². The third-order valence-electron chi connectivity index (χ3n) is 4.11. The normalized spacial score (nSPS) is 16.1. The highest BCUT2D eigenvalue weighted by molar-refractivity contribution is 5.89. The SMILES string of the molecule is CC1Cc2ccccc2N1CCNC(=O)Nc1ccccc1F. The van der Waals surface area contributed by atoms with Gasteiger partial charge in [0.05, 0.1) is 5.69 Å². The second-order valence-corrected chi connectivity index (χ2v) is 5.74. The molecule has 0 aromatic heterocycles. The molecule has 120 valence electrons. The lowest BCUT2D eigenvalue weighted by Gasteiger charge is -2.25. The van der Waals surface area contributed by atoms with E-state index in [-0.39, 0.29) is 5.69 Å². The molecule has 0 aliphatic carbocycles. The van der Waals surface area contributed by atoms with Crippen molar-refractivity contribution in [3.8, 4) is 0 Å². The Morgan fingerprint density at radius 2 is 1.96 bits per heavy atom. The summed E-state index contributed by atoms with van der Waals surface area (Å²) in [5.41, 5.74) is 2.76. The molecule has 0 spiro atoms. The van der Waals surface area contributed by atoms with Crippen LogP contribution in [-0.2, 0) is 6.42 Å². The number of benzene rings is 2. The summed E-state index contributed by atoms with van der Waals surface area (Å²) in [5, 5.41) is 5.30. The fourth-order valence-corrected chi connectivity index (χ4v) is 2.99. The Labute approximate surface area is 135 Å². The van der Waals surface area contributed by atoms with Crippen molar-refractivity contribution in [2.75, 3.05) is 23.3 Å². The lowest BCUT2D eigenvalue weighted by molar-refractivity contribution is 0.252. The molecule has 3 rings (SSSR count). The van der Waals surface area contributed by atoms with Crippen molar-refractivity contribution in [1.29, 1.82) is 0 Å². The summed E-state index contributed by atoms with van der Waals surface area (Å²) in [6, 6.07) is 14.5. The van der Waals surface area contributed by atoms with Crippen LogP contribution in [0.3, 0.4) is 0 Å². The number of carbonyl (C=O) groups excluding carboxylic acids is 1. The van der Waals surface area contributed by atoms with E-state index < -0.39 is 11.8 Å². The molecule has 4 nitrogen and oxygen atoms in total. The zero-order valence-electron chi connectivity index (χ0n) is 13.1. The Morgan fingerprint density at radius 1 is 1.22 bits per heavy atom. The van der Waals surface area contributed by atoms with Crippen LogP contribution in [0, 0.1) is 5.82 Å². The smallest absolute Gasteiger partial charge is 0.319 e. The predicted octanol–water partition coefficient (Wildman–Crippen LogP) is 3.40. The van der Waals surface area contributed by atoms with Crippen LogP contribution < -0.4 is 15.5 Å². The van der Waals surface area contributed by atoms with Crippen molar-refractivity contribution in [2.45, 2.75) is 19.4 Å². The molecule has 23 heavy (non-hydrogen) atoms. The summed E-state index contributed by atoms with van der Waals surface area (Å²) >= 11 is 0. The average Bonchev–Trinajstić information content (AvgIpc) is 2.86. The van der Waals surface area contributed by atoms with Gasteiger partial charge in [-0.25, -0.2) is 9.18 Å². The molecular formula is C18H20FN3O. The highest BCUT2D eigenvalue weighted by atomic mass is 19.1. The van der Waals surface area contributed by atoms with Crippen molar-refractivity contribution in [1.82, 2.24) is 5.32 Å². The number of amides is 2. The van der Waals surface area contributed by atoms with Crippen LogP contribution in [0.2, 0.25) is 0 Å². The minimum atomic E-state index is -0.440. The van der Waals surface area contributed by atoms with E-state index in [0.29, 0.717) is 12.6 Å². The van der Waals surface area contributed by atoms with Gasteiger partial charge in [0, 0.05) is 24.8 Å². The first-order valence-electron chi connectivity index (χ1n) is 7.79. The zero-order valence-corrected chi connectivity index (χ0v) is 13.1. The number of urea groups is 1. The van der Waals surface area contributed by atoms with Crippen LogP contribution in [-0.4, -0.2) is 25.2 Å². The zero-order chi connectivity index (χ0) is 16.2. The average molecular weight is 313 g/mol.